The molecule has 3 aromatic rings. The zero-order valence-electron chi connectivity index (χ0n) is 11.3. The average Bonchev–Trinajstić information content (AvgIpc) is 3.05. The molecule has 0 radical (unpaired) electrons. The molecule has 110 valence electrons. The molecular weight excluding hydrogens is 314 g/mol. The second-order valence-corrected chi connectivity index (χ2v) is 5.88. The minimum atomic E-state index is -0.461. The van der Waals surface area contributed by atoms with Crippen molar-refractivity contribution in [2.24, 2.45) is 0 Å². The molecule has 3 rings (SSSR count). The molecule has 6 heteroatoms. The van der Waals surface area contributed by atoms with Crippen molar-refractivity contribution in [3.05, 3.63) is 53.0 Å². The van der Waals surface area contributed by atoms with Gasteiger partial charge >= 0.3 is 0 Å². The van der Waals surface area contributed by atoms with Crippen molar-refractivity contribution >= 4 is 34.2 Å². The first-order valence-corrected chi connectivity index (χ1v) is 7.39. The fourth-order valence-corrected chi connectivity index (χ4v) is 2.68. The third-order valence-electron chi connectivity index (χ3n) is 3.34. The lowest BCUT2D eigenvalue weighted by molar-refractivity contribution is 0.490. The van der Waals surface area contributed by atoms with Crippen molar-refractivity contribution < 1.29 is 8.81 Å². The van der Waals surface area contributed by atoms with Crippen LogP contribution in [-0.4, -0.2) is 9.55 Å². The molecule has 0 aliphatic carbocycles. The third kappa shape index (κ3) is 2.78. The molecule has 0 fully saturated rings. The van der Waals surface area contributed by atoms with Crippen molar-refractivity contribution in [3.63, 3.8) is 0 Å². The highest BCUT2D eigenvalue weighted by molar-refractivity contribution is 6.31. The van der Waals surface area contributed by atoms with Crippen LogP contribution in [0.5, 0.6) is 0 Å². The second kappa shape index (κ2) is 5.70. The van der Waals surface area contributed by atoms with Crippen LogP contribution in [0, 0.1) is 5.82 Å². The summed E-state index contributed by atoms with van der Waals surface area (Å²) in [6.07, 6.45) is 2.31. The normalized spacial score (nSPS) is 13.0. The molecule has 0 amide bonds. The summed E-state index contributed by atoms with van der Waals surface area (Å²) in [4.78, 5) is 4.46. The zero-order chi connectivity index (χ0) is 15.0. The van der Waals surface area contributed by atoms with E-state index in [0.29, 0.717) is 29.8 Å². The number of hydrogen-bond donors (Lipinski definition) is 0. The molecule has 0 saturated carbocycles. The van der Waals surface area contributed by atoms with Gasteiger partial charge in [-0.2, -0.15) is 0 Å². The number of aryl methyl sites for hydroxylation is 2. The van der Waals surface area contributed by atoms with Crippen LogP contribution < -0.4 is 0 Å². The van der Waals surface area contributed by atoms with Crippen LogP contribution in [0.4, 0.5) is 4.39 Å². The van der Waals surface area contributed by atoms with Gasteiger partial charge in [0.1, 0.15) is 17.4 Å². The van der Waals surface area contributed by atoms with E-state index in [2.05, 4.69) is 4.98 Å². The maximum Gasteiger partial charge on any atom is 0.144 e. The summed E-state index contributed by atoms with van der Waals surface area (Å²) in [5, 5.41) is -0.220. The molecule has 0 aliphatic rings. The number of rotatable bonds is 4. The molecule has 1 atom stereocenters. The Hall–Kier alpha value is -1.52. The molecule has 21 heavy (non-hydrogen) atoms. The van der Waals surface area contributed by atoms with Gasteiger partial charge in [0.2, 0.25) is 0 Å². The molecule has 3 nitrogen and oxygen atoms in total. The molecule has 0 aliphatic heterocycles. The Kier molecular flexibility index (Phi) is 3.91. The molecular formula is C15H13Cl2FN2O. The number of furan rings is 1. The third-order valence-corrected chi connectivity index (χ3v) is 3.82. The Balaban J connectivity index is 2.04. The van der Waals surface area contributed by atoms with Crippen LogP contribution >= 0.6 is 23.2 Å². The number of aromatic nitrogens is 2. The van der Waals surface area contributed by atoms with Crippen LogP contribution in [-0.2, 0) is 13.0 Å². The van der Waals surface area contributed by atoms with Crippen LogP contribution in [0.2, 0.25) is 5.02 Å². The molecule has 2 aromatic heterocycles. The van der Waals surface area contributed by atoms with E-state index in [0.717, 1.165) is 5.76 Å². The van der Waals surface area contributed by atoms with Gasteiger partial charge < -0.3 is 8.98 Å². The van der Waals surface area contributed by atoms with Gasteiger partial charge in [0.25, 0.3) is 0 Å². The molecule has 2 heterocycles. The topological polar surface area (TPSA) is 31.0 Å². The molecule has 1 aromatic carbocycles. The Morgan fingerprint density at radius 1 is 1.43 bits per heavy atom. The molecule has 0 spiro atoms. The molecule has 0 N–H and O–H groups in total. The second-order valence-electron chi connectivity index (χ2n) is 4.82. The summed E-state index contributed by atoms with van der Waals surface area (Å²) >= 11 is 12.0. The van der Waals surface area contributed by atoms with E-state index in [9.17, 15) is 4.39 Å². The predicted molar refractivity (Wildman–Crippen MR) is 81.4 cm³/mol. The number of hydrogen-bond acceptors (Lipinski definition) is 2. The van der Waals surface area contributed by atoms with E-state index in [4.69, 9.17) is 27.6 Å². The van der Waals surface area contributed by atoms with Gasteiger partial charge in [-0.05, 0) is 25.1 Å². The number of alkyl halides is 1. The Morgan fingerprint density at radius 2 is 2.24 bits per heavy atom. The van der Waals surface area contributed by atoms with E-state index >= 15 is 0 Å². The number of halogens is 3. The lowest BCUT2D eigenvalue weighted by Crippen LogP contribution is -2.06. The van der Waals surface area contributed by atoms with E-state index in [1.54, 1.807) is 6.26 Å². The highest BCUT2D eigenvalue weighted by atomic mass is 35.5. The SMILES string of the molecule is CC(Cl)c1nc2cc(Cl)c(F)cc2n1CCc1ccco1. The standard InChI is InChI=1S/C15H13Cl2FN2O/c1-9(16)15-19-13-7-11(17)12(18)8-14(13)20(15)5-4-10-3-2-6-21-10/h2-3,6-9H,4-5H2,1H3. The van der Waals surface area contributed by atoms with Crippen molar-refractivity contribution in [2.75, 3.05) is 0 Å². The summed E-state index contributed by atoms with van der Waals surface area (Å²) in [5.74, 6) is 1.09. The van der Waals surface area contributed by atoms with Crippen molar-refractivity contribution in [3.8, 4) is 0 Å². The van der Waals surface area contributed by atoms with Gasteiger partial charge in [-0.3, -0.25) is 0 Å². The quantitative estimate of drug-likeness (QED) is 0.634. The van der Waals surface area contributed by atoms with Crippen molar-refractivity contribution in [2.45, 2.75) is 25.3 Å². The van der Waals surface area contributed by atoms with Gasteiger partial charge in [-0.1, -0.05) is 11.6 Å². The van der Waals surface area contributed by atoms with Crippen molar-refractivity contribution in [1.29, 1.82) is 0 Å². The Morgan fingerprint density at radius 3 is 2.90 bits per heavy atom. The minimum Gasteiger partial charge on any atom is -0.469 e. The van der Waals surface area contributed by atoms with E-state index in [1.807, 2.05) is 23.6 Å². The first-order chi connectivity index (χ1) is 10.1. The van der Waals surface area contributed by atoms with E-state index in [1.165, 1.54) is 12.1 Å². The van der Waals surface area contributed by atoms with Crippen molar-refractivity contribution in [1.82, 2.24) is 9.55 Å². The molecule has 0 bridgehead atoms. The van der Waals surface area contributed by atoms with Crippen LogP contribution in [0.15, 0.2) is 34.9 Å². The summed E-state index contributed by atoms with van der Waals surface area (Å²) in [7, 11) is 0. The Bertz CT molecular complexity index is 766. The smallest absolute Gasteiger partial charge is 0.144 e. The van der Waals surface area contributed by atoms with Gasteiger partial charge in [0.05, 0.1) is 27.7 Å². The predicted octanol–water partition coefficient (Wildman–Crippen LogP) is 4.96. The maximum atomic E-state index is 13.7. The maximum absolute atomic E-state index is 13.7. The van der Waals surface area contributed by atoms with Crippen LogP contribution in [0.1, 0.15) is 23.9 Å². The summed E-state index contributed by atoms with van der Waals surface area (Å²) < 4.78 is 21.0. The highest BCUT2D eigenvalue weighted by Gasteiger charge is 2.17. The largest absolute Gasteiger partial charge is 0.469 e. The molecule has 0 saturated heterocycles. The summed E-state index contributed by atoms with van der Waals surface area (Å²) in [6.45, 7) is 2.45. The average molecular weight is 327 g/mol. The van der Waals surface area contributed by atoms with Gasteiger partial charge in [0.15, 0.2) is 0 Å². The van der Waals surface area contributed by atoms with Gasteiger partial charge in [-0.15, -0.1) is 11.6 Å². The summed E-state index contributed by atoms with van der Waals surface area (Å²) in [6, 6.07) is 6.67. The Labute approximate surface area is 131 Å². The molecule has 1 unspecified atom stereocenters. The first kappa shape index (κ1) is 14.4. The highest BCUT2D eigenvalue weighted by Crippen LogP contribution is 2.28. The summed E-state index contributed by atoms with van der Waals surface area (Å²) in [5.41, 5.74) is 1.33. The van der Waals surface area contributed by atoms with Gasteiger partial charge in [-0.25, -0.2) is 9.37 Å². The van der Waals surface area contributed by atoms with E-state index < -0.39 is 5.82 Å². The minimum absolute atomic E-state index is 0.0620. The number of nitrogens with zero attached hydrogens (tertiary/aromatic N) is 2. The fourth-order valence-electron chi connectivity index (χ4n) is 2.35. The number of fused-ring (bicyclic) bond motifs is 1. The first-order valence-electron chi connectivity index (χ1n) is 6.58. The van der Waals surface area contributed by atoms with Crippen LogP contribution in [0.25, 0.3) is 11.0 Å². The van der Waals surface area contributed by atoms with Crippen LogP contribution in [0.3, 0.4) is 0 Å². The van der Waals surface area contributed by atoms with E-state index in [-0.39, 0.29) is 10.4 Å². The van der Waals surface area contributed by atoms with Gasteiger partial charge in [0, 0.05) is 19.0 Å². The lowest BCUT2D eigenvalue weighted by atomic mass is 10.3. The lowest BCUT2D eigenvalue weighted by Gasteiger charge is -2.09. The number of benzene rings is 1. The zero-order valence-corrected chi connectivity index (χ0v) is 12.8. The number of imidazole rings is 1. The fraction of sp³-hybridized carbons (Fsp3) is 0.267. The monoisotopic (exact) mass is 326 g/mol.